The lowest BCUT2D eigenvalue weighted by Gasteiger charge is -2.14. The summed E-state index contributed by atoms with van der Waals surface area (Å²) in [6.45, 7) is 1.99. The summed E-state index contributed by atoms with van der Waals surface area (Å²) in [6.07, 6.45) is 23.2. The van der Waals surface area contributed by atoms with Crippen molar-refractivity contribution in [1.82, 2.24) is 0 Å². The molecule has 0 aromatic heterocycles. The van der Waals surface area contributed by atoms with Gasteiger partial charge in [0, 0.05) is 12.5 Å². The number of carbonyl (C=O) groups is 1. The molecular weight excluding hydrogens is 380 g/mol. The highest BCUT2D eigenvalue weighted by Crippen LogP contribution is 2.10. The Balaban J connectivity index is 2.70. The molecule has 0 bridgehead atoms. The Morgan fingerprint density at radius 1 is 0.900 bits per heavy atom. The zero-order chi connectivity index (χ0) is 22.0. The molecule has 5 nitrogen and oxygen atoms in total. The van der Waals surface area contributed by atoms with E-state index in [1.165, 1.54) is 6.08 Å². The van der Waals surface area contributed by atoms with E-state index < -0.39 is 18.3 Å². The normalized spacial score (nSPS) is 34.6. The minimum atomic E-state index is -0.704. The first kappa shape index (κ1) is 25.8. The van der Waals surface area contributed by atoms with Crippen LogP contribution in [0, 0.1) is 0 Å². The van der Waals surface area contributed by atoms with Crippen LogP contribution in [-0.2, 0) is 9.53 Å². The fraction of sp³-hybridized carbons (Fsp3) is 0.480. The molecule has 1 heterocycles. The van der Waals surface area contributed by atoms with E-state index in [0.29, 0.717) is 12.8 Å². The summed E-state index contributed by atoms with van der Waals surface area (Å²) in [6, 6.07) is 0. The first-order chi connectivity index (χ1) is 14.5. The first-order valence-electron chi connectivity index (χ1n) is 10.8. The van der Waals surface area contributed by atoms with Crippen LogP contribution in [0.5, 0.6) is 0 Å². The number of aliphatic hydroxyl groups excluding tert-OH is 3. The molecule has 0 aliphatic carbocycles. The molecule has 0 unspecified atom stereocenters. The molecule has 1 aliphatic rings. The summed E-state index contributed by atoms with van der Waals surface area (Å²) < 4.78 is 5.46. The number of hydrogen-bond donors (Lipinski definition) is 3. The number of allylic oxidation sites excluding steroid dienone is 7. The second kappa shape index (κ2) is 16.6. The molecule has 1 rings (SSSR count). The number of ether oxygens (including phenoxy) is 1. The van der Waals surface area contributed by atoms with Crippen molar-refractivity contribution in [1.29, 1.82) is 0 Å². The molecule has 0 saturated heterocycles. The predicted molar refractivity (Wildman–Crippen MR) is 121 cm³/mol. The highest BCUT2D eigenvalue weighted by Gasteiger charge is 2.10. The Bertz CT molecular complexity index is 642. The van der Waals surface area contributed by atoms with Crippen molar-refractivity contribution >= 4 is 5.97 Å². The van der Waals surface area contributed by atoms with E-state index in [4.69, 9.17) is 4.74 Å². The van der Waals surface area contributed by atoms with Crippen LogP contribution < -0.4 is 0 Å². The second-order valence-electron chi connectivity index (χ2n) is 7.31. The first-order valence-corrected chi connectivity index (χ1v) is 10.8. The topological polar surface area (TPSA) is 87.0 Å². The van der Waals surface area contributed by atoms with Gasteiger partial charge in [0.15, 0.2) is 0 Å². The summed E-state index contributed by atoms with van der Waals surface area (Å²) >= 11 is 0. The monoisotopic (exact) mass is 416 g/mol. The number of aliphatic hydroxyl groups is 3. The summed E-state index contributed by atoms with van der Waals surface area (Å²) in [5, 5.41) is 29.8. The van der Waals surface area contributed by atoms with Crippen molar-refractivity contribution in [2.24, 2.45) is 0 Å². The van der Waals surface area contributed by atoms with Gasteiger partial charge in [-0.3, -0.25) is 0 Å². The molecule has 3 N–H and O–H groups in total. The van der Waals surface area contributed by atoms with E-state index in [-0.39, 0.29) is 18.5 Å². The van der Waals surface area contributed by atoms with Crippen molar-refractivity contribution in [2.45, 2.75) is 76.3 Å². The zero-order valence-electron chi connectivity index (χ0n) is 17.8. The zero-order valence-corrected chi connectivity index (χ0v) is 17.8. The van der Waals surface area contributed by atoms with Crippen LogP contribution in [0.15, 0.2) is 72.9 Å². The van der Waals surface area contributed by atoms with Gasteiger partial charge in [0.25, 0.3) is 0 Å². The molecule has 0 saturated carbocycles. The number of cyclic esters (lactones) is 1. The Kier molecular flexibility index (Phi) is 14.3. The Labute approximate surface area is 180 Å². The van der Waals surface area contributed by atoms with E-state index in [9.17, 15) is 20.1 Å². The van der Waals surface area contributed by atoms with Crippen molar-refractivity contribution in [3.05, 3.63) is 72.9 Å². The van der Waals surface area contributed by atoms with Gasteiger partial charge in [-0.1, -0.05) is 73.8 Å². The van der Waals surface area contributed by atoms with Gasteiger partial charge < -0.3 is 20.1 Å². The predicted octanol–water partition coefficient (Wildman–Crippen LogP) is 4.08. The van der Waals surface area contributed by atoms with Gasteiger partial charge in [-0.2, -0.15) is 0 Å². The van der Waals surface area contributed by atoms with E-state index >= 15 is 0 Å². The van der Waals surface area contributed by atoms with Crippen LogP contribution in [-0.4, -0.2) is 45.7 Å². The average molecular weight is 417 g/mol. The number of esters is 1. The van der Waals surface area contributed by atoms with Gasteiger partial charge in [-0.05, 0) is 38.5 Å². The largest absolute Gasteiger partial charge is 0.459 e. The van der Waals surface area contributed by atoms with E-state index in [1.54, 1.807) is 54.7 Å². The van der Waals surface area contributed by atoms with Gasteiger partial charge in [-0.25, -0.2) is 4.79 Å². The fourth-order valence-corrected chi connectivity index (χ4v) is 2.85. The molecule has 4 atom stereocenters. The van der Waals surface area contributed by atoms with Crippen LogP contribution >= 0.6 is 0 Å². The van der Waals surface area contributed by atoms with Crippen molar-refractivity contribution < 1.29 is 24.9 Å². The lowest BCUT2D eigenvalue weighted by molar-refractivity contribution is -0.143. The Hall–Kier alpha value is -2.21. The van der Waals surface area contributed by atoms with Gasteiger partial charge in [0.2, 0.25) is 0 Å². The lowest BCUT2D eigenvalue weighted by Crippen LogP contribution is -2.15. The van der Waals surface area contributed by atoms with Crippen molar-refractivity contribution in [3.63, 3.8) is 0 Å². The summed E-state index contributed by atoms with van der Waals surface area (Å²) in [5.74, 6) is -0.360. The molecule has 0 amide bonds. The molecule has 0 spiro atoms. The highest BCUT2D eigenvalue weighted by molar-refractivity contribution is 5.82. The maximum Gasteiger partial charge on any atom is 0.331 e. The fourth-order valence-electron chi connectivity index (χ4n) is 2.85. The van der Waals surface area contributed by atoms with Crippen LogP contribution in [0.1, 0.15) is 51.9 Å². The van der Waals surface area contributed by atoms with E-state index in [2.05, 4.69) is 0 Å². The molecule has 5 heteroatoms. The maximum atomic E-state index is 11.9. The molecular formula is C25H36O5. The van der Waals surface area contributed by atoms with Crippen molar-refractivity contribution in [2.75, 3.05) is 0 Å². The van der Waals surface area contributed by atoms with Crippen LogP contribution in [0.4, 0.5) is 0 Å². The summed E-state index contributed by atoms with van der Waals surface area (Å²) in [4.78, 5) is 11.9. The summed E-state index contributed by atoms with van der Waals surface area (Å²) in [7, 11) is 0. The molecule has 166 valence electrons. The third-order valence-electron chi connectivity index (χ3n) is 4.57. The van der Waals surface area contributed by atoms with Gasteiger partial charge in [0.1, 0.15) is 6.10 Å². The molecule has 1 aliphatic heterocycles. The minimum absolute atomic E-state index is 0.107. The van der Waals surface area contributed by atoms with Gasteiger partial charge in [0.05, 0.1) is 18.3 Å². The Morgan fingerprint density at radius 2 is 1.57 bits per heavy atom. The highest BCUT2D eigenvalue weighted by atomic mass is 16.5. The van der Waals surface area contributed by atoms with Crippen LogP contribution in [0.2, 0.25) is 0 Å². The molecule has 30 heavy (non-hydrogen) atoms. The SMILES string of the molecule is CC[C@@H]1CCC/C=C/C=C/[C@H](O)C[C@@H](O)C/C=C\C=C\[C@@H](O)C/C=C/C=C\C(=O)O1. The Morgan fingerprint density at radius 3 is 2.33 bits per heavy atom. The maximum absolute atomic E-state index is 11.9. The molecule has 0 aromatic carbocycles. The quantitative estimate of drug-likeness (QED) is 0.561. The lowest BCUT2D eigenvalue weighted by atomic mass is 10.1. The average Bonchev–Trinajstić information content (AvgIpc) is 2.70. The number of hydrogen-bond acceptors (Lipinski definition) is 5. The molecule has 0 radical (unpaired) electrons. The molecule has 0 aromatic rings. The number of carbonyl (C=O) groups excluding carboxylic acids is 1. The van der Waals surface area contributed by atoms with Crippen LogP contribution in [0.25, 0.3) is 0 Å². The van der Waals surface area contributed by atoms with E-state index in [0.717, 1.165) is 25.7 Å². The standard InChI is InChI=1S/C25H36O5/c1-2-24-18-12-5-3-4-8-16-22(27)20-23(28)17-11-6-9-14-21(26)15-10-7-13-19-25(29)30-24/h3-4,6-11,13-14,16,19,21-24,26-28H,2,5,12,15,17-18,20H2,1H3/b4-3+,10-7+,11-6-,14-9+,16-8+,19-13-/t21-,22+,23+,24-/m1/s1. The smallest absolute Gasteiger partial charge is 0.331 e. The van der Waals surface area contributed by atoms with Gasteiger partial charge >= 0.3 is 5.97 Å². The van der Waals surface area contributed by atoms with Crippen LogP contribution in [0.3, 0.4) is 0 Å². The van der Waals surface area contributed by atoms with E-state index in [1.807, 2.05) is 19.1 Å². The second-order valence-corrected chi connectivity index (χ2v) is 7.31. The third-order valence-corrected chi connectivity index (χ3v) is 4.57. The summed E-state index contributed by atoms with van der Waals surface area (Å²) in [5.41, 5.74) is 0. The van der Waals surface area contributed by atoms with Crippen molar-refractivity contribution in [3.8, 4) is 0 Å². The molecule has 0 fully saturated rings. The third kappa shape index (κ3) is 13.9. The minimum Gasteiger partial charge on any atom is -0.459 e. The number of rotatable bonds is 1. The van der Waals surface area contributed by atoms with Gasteiger partial charge in [-0.15, -0.1) is 0 Å².